The molecule has 1 amide bonds. The summed E-state index contributed by atoms with van der Waals surface area (Å²) in [4.78, 5) is 12.8. The molecule has 1 aliphatic rings. The van der Waals surface area contributed by atoms with Crippen LogP contribution in [0, 0.1) is 0 Å². The second-order valence-corrected chi connectivity index (χ2v) is 8.45. The monoisotopic (exact) mass is 372 g/mol. The number of carbonyl (C=O) groups is 1. The maximum Gasteiger partial charge on any atom is 0.251 e. The Bertz CT molecular complexity index is 869. The molecule has 0 heterocycles. The van der Waals surface area contributed by atoms with Crippen LogP contribution in [-0.2, 0) is 15.6 Å². The molecule has 6 heteroatoms. The first kappa shape index (κ1) is 18.6. The standard InChI is InChI=1S/C20H24N2O3S/c1-3-22(4-2)26(24,25)18-12-10-16(11-13-18)19(23)21-20(14-15-20)17-8-6-5-7-9-17/h5-13H,3-4,14-15H2,1-2H3,(H,21,23). The van der Waals surface area contributed by atoms with Crippen molar-refractivity contribution in [2.45, 2.75) is 37.1 Å². The van der Waals surface area contributed by atoms with Gasteiger partial charge in [0, 0.05) is 18.7 Å². The van der Waals surface area contributed by atoms with Gasteiger partial charge < -0.3 is 5.32 Å². The minimum absolute atomic E-state index is 0.182. The fraction of sp³-hybridized carbons (Fsp3) is 0.350. The van der Waals surface area contributed by atoms with Gasteiger partial charge in [0.05, 0.1) is 10.4 Å². The third-order valence-electron chi connectivity index (χ3n) is 4.89. The summed E-state index contributed by atoms with van der Waals surface area (Å²) in [5, 5.41) is 3.10. The largest absolute Gasteiger partial charge is 0.343 e. The lowest BCUT2D eigenvalue weighted by atomic mass is 10.0. The van der Waals surface area contributed by atoms with Gasteiger partial charge in [-0.2, -0.15) is 4.31 Å². The SMILES string of the molecule is CCN(CC)S(=O)(=O)c1ccc(C(=O)NC2(c3ccccc3)CC2)cc1. The summed E-state index contributed by atoms with van der Waals surface area (Å²) >= 11 is 0. The number of carbonyl (C=O) groups excluding carboxylic acids is 1. The highest BCUT2D eigenvalue weighted by molar-refractivity contribution is 7.89. The summed E-state index contributed by atoms with van der Waals surface area (Å²) in [5.41, 5.74) is 1.28. The maximum atomic E-state index is 12.6. The van der Waals surface area contributed by atoms with Crippen molar-refractivity contribution in [3.63, 3.8) is 0 Å². The molecular weight excluding hydrogens is 348 g/mol. The summed E-state index contributed by atoms with van der Waals surface area (Å²) in [5.74, 6) is -0.182. The number of amides is 1. The van der Waals surface area contributed by atoms with E-state index >= 15 is 0 Å². The highest BCUT2D eigenvalue weighted by Crippen LogP contribution is 2.45. The number of benzene rings is 2. The van der Waals surface area contributed by atoms with Crippen molar-refractivity contribution >= 4 is 15.9 Å². The van der Waals surface area contributed by atoms with E-state index in [-0.39, 0.29) is 16.3 Å². The van der Waals surface area contributed by atoms with E-state index < -0.39 is 10.0 Å². The summed E-state index contributed by atoms with van der Waals surface area (Å²) in [6.45, 7) is 4.45. The molecule has 0 atom stereocenters. The first-order chi connectivity index (χ1) is 12.4. The highest BCUT2D eigenvalue weighted by atomic mass is 32.2. The first-order valence-corrected chi connectivity index (χ1v) is 10.4. The van der Waals surface area contributed by atoms with Gasteiger partial charge in [-0.05, 0) is 42.7 Å². The molecule has 0 saturated heterocycles. The topological polar surface area (TPSA) is 66.5 Å². The second kappa shape index (κ2) is 7.21. The van der Waals surface area contributed by atoms with Crippen molar-refractivity contribution in [1.82, 2.24) is 9.62 Å². The van der Waals surface area contributed by atoms with E-state index in [1.165, 1.54) is 16.4 Å². The molecule has 2 aromatic carbocycles. The molecule has 1 N–H and O–H groups in total. The molecule has 1 fully saturated rings. The Morgan fingerprint density at radius 1 is 1.00 bits per heavy atom. The van der Waals surface area contributed by atoms with Gasteiger partial charge in [0.1, 0.15) is 0 Å². The molecule has 0 spiro atoms. The molecule has 1 aliphatic carbocycles. The van der Waals surface area contributed by atoms with Crippen LogP contribution < -0.4 is 5.32 Å². The normalized spacial score (nSPS) is 15.7. The Kier molecular flexibility index (Phi) is 5.16. The van der Waals surface area contributed by atoms with Gasteiger partial charge in [-0.1, -0.05) is 44.2 Å². The third-order valence-corrected chi connectivity index (χ3v) is 6.95. The molecule has 1 saturated carbocycles. The summed E-state index contributed by atoms with van der Waals surface area (Å²) in [6.07, 6.45) is 1.83. The number of rotatable bonds is 7. The Morgan fingerprint density at radius 2 is 1.58 bits per heavy atom. The summed E-state index contributed by atoms with van der Waals surface area (Å²) in [7, 11) is -3.51. The molecule has 3 rings (SSSR count). The van der Waals surface area contributed by atoms with Crippen molar-refractivity contribution in [3.05, 3.63) is 65.7 Å². The predicted molar refractivity (Wildman–Crippen MR) is 101 cm³/mol. The minimum Gasteiger partial charge on any atom is -0.343 e. The number of hydrogen-bond donors (Lipinski definition) is 1. The van der Waals surface area contributed by atoms with Crippen molar-refractivity contribution in [1.29, 1.82) is 0 Å². The molecule has 2 aromatic rings. The number of nitrogens with zero attached hydrogens (tertiary/aromatic N) is 1. The lowest BCUT2D eigenvalue weighted by Crippen LogP contribution is -2.35. The molecule has 138 valence electrons. The van der Waals surface area contributed by atoms with Crippen LogP contribution in [0.3, 0.4) is 0 Å². The Labute approximate surface area is 155 Å². The lowest BCUT2D eigenvalue weighted by molar-refractivity contribution is 0.0930. The molecular formula is C20H24N2O3S. The average molecular weight is 372 g/mol. The minimum atomic E-state index is -3.51. The van der Waals surface area contributed by atoms with Gasteiger partial charge in [-0.3, -0.25) is 4.79 Å². The van der Waals surface area contributed by atoms with Crippen LogP contribution in [-0.4, -0.2) is 31.7 Å². The van der Waals surface area contributed by atoms with Crippen LogP contribution in [0.15, 0.2) is 59.5 Å². The Balaban J connectivity index is 1.76. The van der Waals surface area contributed by atoms with Crippen molar-refractivity contribution < 1.29 is 13.2 Å². The fourth-order valence-electron chi connectivity index (χ4n) is 3.15. The van der Waals surface area contributed by atoms with E-state index in [1.54, 1.807) is 12.1 Å². The van der Waals surface area contributed by atoms with Crippen molar-refractivity contribution in [2.24, 2.45) is 0 Å². The predicted octanol–water partition coefficient (Wildman–Crippen LogP) is 3.14. The number of hydrogen-bond acceptors (Lipinski definition) is 3. The van der Waals surface area contributed by atoms with E-state index in [2.05, 4.69) is 5.32 Å². The Hall–Kier alpha value is -2.18. The van der Waals surface area contributed by atoms with Gasteiger partial charge in [-0.15, -0.1) is 0 Å². The van der Waals surface area contributed by atoms with Crippen LogP contribution in [0.4, 0.5) is 0 Å². The second-order valence-electron chi connectivity index (χ2n) is 6.52. The summed E-state index contributed by atoms with van der Waals surface area (Å²) < 4.78 is 26.4. The zero-order valence-corrected chi connectivity index (χ0v) is 15.9. The van der Waals surface area contributed by atoms with Crippen LogP contribution in [0.1, 0.15) is 42.6 Å². The van der Waals surface area contributed by atoms with Gasteiger partial charge in [0.25, 0.3) is 5.91 Å². The van der Waals surface area contributed by atoms with E-state index in [0.717, 1.165) is 18.4 Å². The van der Waals surface area contributed by atoms with Gasteiger partial charge in [0.2, 0.25) is 10.0 Å². The van der Waals surface area contributed by atoms with E-state index in [0.29, 0.717) is 18.7 Å². The van der Waals surface area contributed by atoms with Gasteiger partial charge in [0.15, 0.2) is 0 Å². The quantitative estimate of drug-likeness (QED) is 0.812. The molecule has 26 heavy (non-hydrogen) atoms. The summed E-state index contributed by atoms with van der Waals surface area (Å²) in [6, 6.07) is 16.1. The molecule has 5 nitrogen and oxygen atoms in total. The average Bonchev–Trinajstić information content (AvgIpc) is 3.44. The fourth-order valence-corrected chi connectivity index (χ4v) is 4.61. The molecule has 0 aromatic heterocycles. The Morgan fingerprint density at radius 3 is 2.08 bits per heavy atom. The highest BCUT2D eigenvalue weighted by Gasteiger charge is 2.45. The molecule has 0 radical (unpaired) electrons. The zero-order chi connectivity index (χ0) is 18.8. The smallest absolute Gasteiger partial charge is 0.251 e. The number of nitrogens with one attached hydrogen (secondary N) is 1. The van der Waals surface area contributed by atoms with Crippen LogP contribution in [0.25, 0.3) is 0 Å². The van der Waals surface area contributed by atoms with Crippen LogP contribution in [0.5, 0.6) is 0 Å². The molecule has 0 bridgehead atoms. The zero-order valence-electron chi connectivity index (χ0n) is 15.1. The molecule has 0 aliphatic heterocycles. The molecule has 0 unspecified atom stereocenters. The van der Waals surface area contributed by atoms with Crippen molar-refractivity contribution in [2.75, 3.05) is 13.1 Å². The first-order valence-electron chi connectivity index (χ1n) is 8.91. The van der Waals surface area contributed by atoms with E-state index in [4.69, 9.17) is 0 Å². The lowest BCUT2D eigenvalue weighted by Gasteiger charge is -2.19. The van der Waals surface area contributed by atoms with Gasteiger partial charge >= 0.3 is 0 Å². The third kappa shape index (κ3) is 3.52. The van der Waals surface area contributed by atoms with Crippen molar-refractivity contribution in [3.8, 4) is 0 Å². The number of sulfonamides is 1. The van der Waals surface area contributed by atoms with Gasteiger partial charge in [-0.25, -0.2) is 8.42 Å². The van der Waals surface area contributed by atoms with E-state index in [9.17, 15) is 13.2 Å². The van der Waals surface area contributed by atoms with Crippen LogP contribution >= 0.6 is 0 Å². The maximum absolute atomic E-state index is 12.6. The van der Waals surface area contributed by atoms with E-state index in [1.807, 2.05) is 44.2 Å². The van der Waals surface area contributed by atoms with Crippen LogP contribution in [0.2, 0.25) is 0 Å².